The predicted octanol–water partition coefficient (Wildman–Crippen LogP) is 4.97. The fourth-order valence-corrected chi connectivity index (χ4v) is 4.37. The third-order valence-corrected chi connectivity index (χ3v) is 5.83. The van der Waals surface area contributed by atoms with Crippen LogP contribution in [0.1, 0.15) is 24.0 Å². The van der Waals surface area contributed by atoms with Gasteiger partial charge in [0, 0.05) is 29.7 Å². The van der Waals surface area contributed by atoms with Crippen molar-refractivity contribution in [2.24, 2.45) is 5.92 Å². The van der Waals surface area contributed by atoms with Crippen molar-refractivity contribution in [2.75, 3.05) is 18.4 Å². The van der Waals surface area contributed by atoms with Gasteiger partial charge in [-0.15, -0.1) is 11.3 Å². The highest BCUT2D eigenvalue weighted by molar-refractivity contribution is 7.07. The molecule has 2 heterocycles. The summed E-state index contributed by atoms with van der Waals surface area (Å²) in [6.07, 6.45) is 2.01. The zero-order valence-electron chi connectivity index (χ0n) is 16.1. The zero-order chi connectivity index (χ0) is 19.3. The molecule has 0 bridgehead atoms. The number of nitrogens with one attached hydrogen (secondary N) is 1. The Bertz CT molecular complexity index is 921. The highest BCUT2D eigenvalue weighted by Crippen LogP contribution is 2.23. The van der Waals surface area contributed by atoms with E-state index in [9.17, 15) is 4.79 Å². The number of hydrogen-bond acceptors (Lipinski definition) is 4. The molecule has 1 aliphatic rings. The second kappa shape index (κ2) is 8.67. The smallest absolute Gasteiger partial charge is 0.228 e. The second-order valence-electron chi connectivity index (χ2n) is 7.50. The zero-order valence-corrected chi connectivity index (χ0v) is 16.9. The minimum absolute atomic E-state index is 0.0387. The van der Waals surface area contributed by atoms with Gasteiger partial charge in [-0.2, -0.15) is 0 Å². The monoisotopic (exact) mass is 391 g/mol. The van der Waals surface area contributed by atoms with Gasteiger partial charge in [0.1, 0.15) is 0 Å². The van der Waals surface area contributed by atoms with Crippen LogP contribution in [-0.4, -0.2) is 28.9 Å². The molecule has 1 amide bonds. The molecule has 0 spiro atoms. The van der Waals surface area contributed by atoms with Crippen LogP contribution in [0.5, 0.6) is 0 Å². The average molecular weight is 392 g/mol. The van der Waals surface area contributed by atoms with Crippen molar-refractivity contribution in [3.63, 3.8) is 0 Å². The molecule has 1 atom stereocenters. The topological polar surface area (TPSA) is 45.2 Å². The highest BCUT2D eigenvalue weighted by Gasteiger charge is 2.25. The molecule has 1 N–H and O–H groups in total. The standard InChI is InChI=1S/C23H25N3OS/c1-17-4-2-5-18(12-17)13-26-11-3-6-20(14-26)23(27)25-21-9-7-19(8-10-21)22-15-28-16-24-22/h2,4-5,7-10,12,15-16,20H,3,6,11,13-14H2,1H3,(H,25,27)/t20-/m1/s1. The molecule has 3 aromatic rings. The Hall–Kier alpha value is -2.50. The van der Waals surface area contributed by atoms with Crippen LogP contribution in [0.25, 0.3) is 11.3 Å². The first kappa shape index (κ1) is 18.8. The van der Waals surface area contributed by atoms with Gasteiger partial charge in [0.25, 0.3) is 0 Å². The Morgan fingerprint density at radius 3 is 2.86 bits per heavy atom. The van der Waals surface area contributed by atoms with Crippen LogP contribution in [0.3, 0.4) is 0 Å². The van der Waals surface area contributed by atoms with Gasteiger partial charge in [-0.05, 0) is 44.0 Å². The Morgan fingerprint density at radius 1 is 1.25 bits per heavy atom. The number of benzene rings is 2. The van der Waals surface area contributed by atoms with Crippen LogP contribution >= 0.6 is 11.3 Å². The molecule has 0 radical (unpaired) electrons. The van der Waals surface area contributed by atoms with Crippen molar-refractivity contribution in [2.45, 2.75) is 26.3 Å². The van der Waals surface area contributed by atoms with Crippen molar-refractivity contribution in [3.05, 3.63) is 70.5 Å². The van der Waals surface area contributed by atoms with Crippen LogP contribution in [0, 0.1) is 12.8 Å². The number of amides is 1. The molecule has 1 saturated heterocycles. The first-order chi connectivity index (χ1) is 13.7. The Kier molecular flexibility index (Phi) is 5.84. The number of likely N-dealkylation sites (tertiary alicyclic amines) is 1. The number of carbonyl (C=O) groups is 1. The van der Waals surface area contributed by atoms with E-state index in [0.29, 0.717) is 0 Å². The third-order valence-electron chi connectivity index (χ3n) is 5.25. The van der Waals surface area contributed by atoms with E-state index in [1.807, 2.05) is 35.2 Å². The number of carbonyl (C=O) groups excluding carboxylic acids is 1. The minimum atomic E-state index is 0.0387. The summed E-state index contributed by atoms with van der Waals surface area (Å²) in [5, 5.41) is 5.12. The van der Waals surface area contributed by atoms with Gasteiger partial charge in [-0.3, -0.25) is 9.69 Å². The van der Waals surface area contributed by atoms with Gasteiger partial charge >= 0.3 is 0 Å². The number of nitrogens with zero attached hydrogens (tertiary/aromatic N) is 2. The molecule has 4 rings (SSSR count). The average Bonchev–Trinajstić information content (AvgIpc) is 3.24. The first-order valence-electron chi connectivity index (χ1n) is 9.75. The molecule has 5 heteroatoms. The van der Waals surface area contributed by atoms with E-state index in [2.05, 4.69) is 46.4 Å². The fraction of sp³-hybridized carbons (Fsp3) is 0.304. The number of anilines is 1. The lowest BCUT2D eigenvalue weighted by molar-refractivity contribution is -0.121. The minimum Gasteiger partial charge on any atom is -0.326 e. The van der Waals surface area contributed by atoms with E-state index >= 15 is 0 Å². The lowest BCUT2D eigenvalue weighted by Gasteiger charge is -2.32. The van der Waals surface area contributed by atoms with Crippen LogP contribution in [0.2, 0.25) is 0 Å². The van der Waals surface area contributed by atoms with Gasteiger partial charge in [-0.1, -0.05) is 42.0 Å². The number of aromatic nitrogens is 1. The normalized spacial score (nSPS) is 17.4. The van der Waals surface area contributed by atoms with E-state index < -0.39 is 0 Å². The molecule has 144 valence electrons. The van der Waals surface area contributed by atoms with Crippen LogP contribution in [0.4, 0.5) is 5.69 Å². The van der Waals surface area contributed by atoms with Gasteiger partial charge in [-0.25, -0.2) is 4.98 Å². The molecule has 0 unspecified atom stereocenters. The highest BCUT2D eigenvalue weighted by atomic mass is 32.1. The van der Waals surface area contributed by atoms with E-state index in [1.165, 1.54) is 11.1 Å². The summed E-state index contributed by atoms with van der Waals surface area (Å²) in [6.45, 7) is 4.90. The van der Waals surface area contributed by atoms with E-state index in [4.69, 9.17) is 0 Å². The Balaban J connectivity index is 1.35. The molecule has 1 aliphatic heterocycles. The lowest BCUT2D eigenvalue weighted by Crippen LogP contribution is -2.40. The Labute approximate surface area is 170 Å². The van der Waals surface area contributed by atoms with Crippen LogP contribution in [0.15, 0.2) is 59.4 Å². The summed E-state index contributed by atoms with van der Waals surface area (Å²) in [6, 6.07) is 16.6. The quantitative estimate of drug-likeness (QED) is 0.668. The van der Waals surface area contributed by atoms with Gasteiger partial charge < -0.3 is 5.32 Å². The SMILES string of the molecule is Cc1cccc(CN2CCC[C@@H](C(=O)Nc3ccc(-c4cscn4)cc3)C2)c1. The second-order valence-corrected chi connectivity index (χ2v) is 8.22. The summed E-state index contributed by atoms with van der Waals surface area (Å²) in [4.78, 5) is 19.5. The maximum atomic E-state index is 12.8. The van der Waals surface area contributed by atoms with E-state index in [0.717, 1.165) is 49.4 Å². The van der Waals surface area contributed by atoms with Crippen molar-refractivity contribution in [3.8, 4) is 11.3 Å². The van der Waals surface area contributed by atoms with E-state index in [1.54, 1.807) is 11.3 Å². The maximum Gasteiger partial charge on any atom is 0.228 e. The number of piperidine rings is 1. The molecule has 1 aromatic heterocycles. The molecular formula is C23H25N3OS. The van der Waals surface area contributed by atoms with Gasteiger partial charge in [0.2, 0.25) is 5.91 Å². The molecule has 28 heavy (non-hydrogen) atoms. The van der Waals surface area contributed by atoms with E-state index in [-0.39, 0.29) is 11.8 Å². The van der Waals surface area contributed by atoms with Crippen molar-refractivity contribution in [1.29, 1.82) is 0 Å². The van der Waals surface area contributed by atoms with Crippen LogP contribution < -0.4 is 5.32 Å². The van der Waals surface area contributed by atoms with Crippen molar-refractivity contribution >= 4 is 22.9 Å². The lowest BCUT2D eigenvalue weighted by atomic mass is 9.96. The fourth-order valence-electron chi connectivity index (χ4n) is 3.81. The van der Waals surface area contributed by atoms with Crippen molar-refractivity contribution in [1.82, 2.24) is 9.88 Å². The predicted molar refractivity (Wildman–Crippen MR) is 115 cm³/mol. The molecule has 1 fully saturated rings. The summed E-state index contributed by atoms with van der Waals surface area (Å²) in [5.74, 6) is 0.159. The molecule has 2 aromatic carbocycles. The third kappa shape index (κ3) is 4.66. The van der Waals surface area contributed by atoms with Gasteiger partial charge in [0.15, 0.2) is 0 Å². The summed E-state index contributed by atoms with van der Waals surface area (Å²) in [5.41, 5.74) is 7.32. The molecule has 0 saturated carbocycles. The summed E-state index contributed by atoms with van der Waals surface area (Å²) in [7, 11) is 0. The van der Waals surface area contributed by atoms with Crippen LogP contribution in [-0.2, 0) is 11.3 Å². The Morgan fingerprint density at radius 2 is 2.11 bits per heavy atom. The molecule has 0 aliphatic carbocycles. The summed E-state index contributed by atoms with van der Waals surface area (Å²) < 4.78 is 0. The number of aryl methyl sites for hydroxylation is 1. The first-order valence-corrected chi connectivity index (χ1v) is 10.7. The summed E-state index contributed by atoms with van der Waals surface area (Å²) >= 11 is 1.58. The van der Waals surface area contributed by atoms with Gasteiger partial charge in [0.05, 0.1) is 17.1 Å². The largest absolute Gasteiger partial charge is 0.326 e. The number of thiazole rings is 1. The molecule has 4 nitrogen and oxygen atoms in total. The molecular weight excluding hydrogens is 366 g/mol. The number of hydrogen-bond donors (Lipinski definition) is 1. The number of rotatable bonds is 5. The maximum absolute atomic E-state index is 12.8. The van der Waals surface area contributed by atoms with Crippen molar-refractivity contribution < 1.29 is 4.79 Å².